The summed E-state index contributed by atoms with van der Waals surface area (Å²) in [6.45, 7) is 4.59. The molecule has 2 aromatic rings. The first kappa shape index (κ1) is 16.4. The van der Waals surface area contributed by atoms with Crippen LogP contribution < -0.4 is 10.2 Å². The number of nitrogens with one attached hydrogen (secondary N) is 1. The number of hydrogen-bond donors (Lipinski definition) is 1. The number of hydrogen-bond acceptors (Lipinski definition) is 5. The molecule has 2 aromatic heterocycles. The second-order valence-electron chi connectivity index (χ2n) is 5.68. The van der Waals surface area contributed by atoms with Gasteiger partial charge in [0.1, 0.15) is 5.82 Å². The first-order chi connectivity index (χ1) is 10.6. The van der Waals surface area contributed by atoms with Gasteiger partial charge in [-0.1, -0.05) is 19.9 Å². The van der Waals surface area contributed by atoms with Gasteiger partial charge in [-0.3, -0.25) is 9.78 Å². The monoisotopic (exact) mass is 318 g/mol. The quantitative estimate of drug-likeness (QED) is 0.853. The van der Waals surface area contributed by atoms with Gasteiger partial charge in [0.15, 0.2) is 0 Å². The van der Waals surface area contributed by atoms with Gasteiger partial charge in [-0.05, 0) is 23.8 Å². The van der Waals surface area contributed by atoms with Crippen LogP contribution in [0, 0.1) is 5.92 Å². The first-order valence-corrected chi connectivity index (χ1v) is 8.24. The molecule has 0 saturated carbocycles. The van der Waals surface area contributed by atoms with Gasteiger partial charge in [-0.25, -0.2) is 4.98 Å². The largest absolute Gasteiger partial charge is 0.349 e. The van der Waals surface area contributed by atoms with Crippen molar-refractivity contribution in [1.29, 1.82) is 0 Å². The van der Waals surface area contributed by atoms with Gasteiger partial charge >= 0.3 is 0 Å². The lowest BCUT2D eigenvalue weighted by molar-refractivity contribution is -0.120. The van der Waals surface area contributed by atoms with E-state index in [1.54, 1.807) is 34.8 Å². The zero-order valence-electron chi connectivity index (χ0n) is 13.2. The molecule has 1 amide bonds. The summed E-state index contributed by atoms with van der Waals surface area (Å²) >= 11 is 1.68. The number of rotatable bonds is 7. The van der Waals surface area contributed by atoms with Crippen molar-refractivity contribution in [3.05, 3.63) is 41.0 Å². The smallest absolute Gasteiger partial charge is 0.240 e. The standard InChI is InChI=1S/C16H22N4OS/c1-12(2)9-13(14-5-4-8-22-14)19-16(21)11-20(3)15-10-17-6-7-18-15/h4-8,10,12-13H,9,11H2,1-3H3,(H,19,21)/t13-/m1/s1. The molecule has 5 nitrogen and oxygen atoms in total. The highest BCUT2D eigenvalue weighted by Gasteiger charge is 2.18. The predicted octanol–water partition coefficient (Wildman–Crippen LogP) is 2.88. The van der Waals surface area contributed by atoms with Gasteiger partial charge in [0.2, 0.25) is 5.91 Å². The molecular weight excluding hydrogens is 296 g/mol. The summed E-state index contributed by atoms with van der Waals surface area (Å²) in [5, 5.41) is 5.18. The summed E-state index contributed by atoms with van der Waals surface area (Å²) in [5.41, 5.74) is 0. The Balaban J connectivity index is 1.96. The van der Waals surface area contributed by atoms with Crippen molar-refractivity contribution < 1.29 is 4.79 Å². The summed E-state index contributed by atoms with van der Waals surface area (Å²) in [6.07, 6.45) is 5.82. The van der Waals surface area contributed by atoms with E-state index in [2.05, 4.69) is 35.2 Å². The molecular formula is C16H22N4OS. The number of anilines is 1. The van der Waals surface area contributed by atoms with E-state index >= 15 is 0 Å². The lowest BCUT2D eigenvalue weighted by atomic mass is 10.0. The topological polar surface area (TPSA) is 58.1 Å². The maximum atomic E-state index is 12.3. The summed E-state index contributed by atoms with van der Waals surface area (Å²) in [6, 6.07) is 4.16. The summed E-state index contributed by atoms with van der Waals surface area (Å²) in [4.78, 5) is 23.5. The van der Waals surface area contributed by atoms with Crippen molar-refractivity contribution >= 4 is 23.1 Å². The number of aromatic nitrogens is 2. The molecule has 0 aliphatic rings. The molecule has 0 bridgehead atoms. The molecule has 1 N–H and O–H groups in total. The highest BCUT2D eigenvalue weighted by atomic mass is 32.1. The van der Waals surface area contributed by atoms with Crippen molar-refractivity contribution in [3.8, 4) is 0 Å². The molecule has 0 fully saturated rings. The highest BCUT2D eigenvalue weighted by molar-refractivity contribution is 7.10. The molecule has 0 saturated heterocycles. The number of nitrogens with zero attached hydrogens (tertiary/aromatic N) is 3. The SMILES string of the molecule is CC(C)C[C@@H](NC(=O)CN(C)c1cnccn1)c1cccs1. The van der Waals surface area contributed by atoms with Crippen LogP contribution in [0.3, 0.4) is 0 Å². The summed E-state index contributed by atoms with van der Waals surface area (Å²) in [7, 11) is 1.84. The normalized spacial score (nSPS) is 12.2. The lowest BCUT2D eigenvalue weighted by Gasteiger charge is -2.22. The van der Waals surface area contributed by atoms with Crippen molar-refractivity contribution in [1.82, 2.24) is 15.3 Å². The maximum absolute atomic E-state index is 12.3. The van der Waals surface area contributed by atoms with Crippen LogP contribution in [-0.2, 0) is 4.79 Å². The molecule has 22 heavy (non-hydrogen) atoms. The van der Waals surface area contributed by atoms with Crippen LogP contribution in [0.4, 0.5) is 5.82 Å². The van der Waals surface area contributed by atoms with E-state index in [0.29, 0.717) is 11.7 Å². The van der Waals surface area contributed by atoms with E-state index in [-0.39, 0.29) is 18.5 Å². The van der Waals surface area contributed by atoms with Gasteiger partial charge in [-0.2, -0.15) is 0 Å². The second kappa shape index (κ2) is 7.89. The zero-order valence-corrected chi connectivity index (χ0v) is 14.0. The van der Waals surface area contributed by atoms with Crippen LogP contribution in [0.15, 0.2) is 36.1 Å². The fourth-order valence-electron chi connectivity index (χ4n) is 2.23. The van der Waals surface area contributed by atoms with Gasteiger partial charge < -0.3 is 10.2 Å². The number of thiophene rings is 1. The van der Waals surface area contributed by atoms with Crippen LogP contribution in [0.25, 0.3) is 0 Å². The average molecular weight is 318 g/mol. The van der Waals surface area contributed by atoms with Gasteiger partial charge in [0.25, 0.3) is 0 Å². The Labute approximate surface area is 135 Å². The minimum absolute atomic E-state index is 0.00722. The molecule has 1 atom stereocenters. The first-order valence-electron chi connectivity index (χ1n) is 7.36. The summed E-state index contributed by atoms with van der Waals surface area (Å²) < 4.78 is 0. The molecule has 0 aliphatic carbocycles. The van der Waals surface area contributed by atoms with E-state index in [1.807, 2.05) is 18.5 Å². The van der Waals surface area contributed by atoms with E-state index in [1.165, 1.54) is 4.88 Å². The van der Waals surface area contributed by atoms with Crippen LogP contribution >= 0.6 is 11.3 Å². The van der Waals surface area contributed by atoms with Crippen molar-refractivity contribution in [2.24, 2.45) is 5.92 Å². The van der Waals surface area contributed by atoms with Crippen LogP contribution in [-0.4, -0.2) is 29.5 Å². The van der Waals surface area contributed by atoms with E-state index in [0.717, 1.165) is 6.42 Å². The molecule has 0 spiro atoms. The second-order valence-corrected chi connectivity index (χ2v) is 6.66. The molecule has 0 aromatic carbocycles. The van der Waals surface area contributed by atoms with E-state index in [4.69, 9.17) is 0 Å². The van der Waals surface area contributed by atoms with E-state index < -0.39 is 0 Å². The van der Waals surface area contributed by atoms with E-state index in [9.17, 15) is 4.79 Å². The average Bonchev–Trinajstić information content (AvgIpc) is 3.01. The molecule has 118 valence electrons. The Hall–Kier alpha value is -1.95. The predicted molar refractivity (Wildman–Crippen MR) is 90.0 cm³/mol. The van der Waals surface area contributed by atoms with Crippen molar-refractivity contribution in [2.75, 3.05) is 18.5 Å². The number of carbonyl (C=O) groups is 1. The lowest BCUT2D eigenvalue weighted by Crippen LogP contribution is -2.37. The fraction of sp³-hybridized carbons (Fsp3) is 0.438. The van der Waals surface area contributed by atoms with Gasteiger partial charge in [-0.15, -0.1) is 11.3 Å². The molecule has 6 heteroatoms. The van der Waals surface area contributed by atoms with Crippen molar-refractivity contribution in [2.45, 2.75) is 26.3 Å². The molecule has 0 aliphatic heterocycles. The molecule has 2 heterocycles. The fourth-order valence-corrected chi connectivity index (χ4v) is 3.02. The minimum Gasteiger partial charge on any atom is -0.349 e. The third-order valence-corrected chi connectivity index (χ3v) is 4.24. The number of carbonyl (C=O) groups excluding carboxylic acids is 1. The Morgan fingerprint density at radius 2 is 2.23 bits per heavy atom. The number of likely N-dealkylation sites (N-methyl/N-ethyl adjacent to an activating group) is 1. The van der Waals surface area contributed by atoms with Crippen LogP contribution in [0.5, 0.6) is 0 Å². The van der Waals surface area contributed by atoms with Gasteiger partial charge in [0.05, 0.1) is 18.8 Å². The Morgan fingerprint density at radius 3 is 2.82 bits per heavy atom. The Bertz CT molecular complexity index is 571. The van der Waals surface area contributed by atoms with Crippen LogP contribution in [0.1, 0.15) is 31.2 Å². The summed E-state index contributed by atoms with van der Waals surface area (Å²) in [5.74, 6) is 1.20. The van der Waals surface area contributed by atoms with Crippen molar-refractivity contribution in [3.63, 3.8) is 0 Å². The molecule has 2 rings (SSSR count). The Kier molecular flexibility index (Phi) is 5.89. The third-order valence-electron chi connectivity index (χ3n) is 3.25. The zero-order chi connectivity index (χ0) is 15.9. The number of amides is 1. The molecule has 0 unspecified atom stereocenters. The third kappa shape index (κ3) is 4.80. The molecule has 0 radical (unpaired) electrons. The van der Waals surface area contributed by atoms with Crippen LogP contribution in [0.2, 0.25) is 0 Å². The highest BCUT2D eigenvalue weighted by Crippen LogP contribution is 2.25. The minimum atomic E-state index is -0.00722. The maximum Gasteiger partial charge on any atom is 0.240 e. The van der Waals surface area contributed by atoms with Gasteiger partial charge in [0, 0.05) is 24.3 Å². The Morgan fingerprint density at radius 1 is 1.41 bits per heavy atom.